The molecule has 2 aromatic rings. The molecule has 0 saturated carbocycles. The number of amides is 1. The number of rotatable bonds is 4. The maximum atomic E-state index is 12.1. The number of carbonyl (C=O) groups is 1. The zero-order valence-corrected chi connectivity index (χ0v) is 11.7. The molecule has 0 aliphatic carbocycles. The molecule has 0 radical (unpaired) electrons. The third kappa shape index (κ3) is 3.88. The van der Waals surface area contributed by atoms with Crippen molar-refractivity contribution in [3.8, 4) is 11.8 Å². The first-order chi connectivity index (χ1) is 10.1. The van der Waals surface area contributed by atoms with Crippen molar-refractivity contribution in [2.45, 2.75) is 0 Å². The Balaban J connectivity index is 2.07. The number of ether oxygens (including phenoxy) is 1. The van der Waals surface area contributed by atoms with Gasteiger partial charge in [-0.2, -0.15) is 5.26 Å². The number of hydrogen-bond donors (Lipinski definition) is 2. The molecule has 0 aliphatic rings. The molecule has 3 N–H and O–H groups in total. The third-order valence-electron chi connectivity index (χ3n) is 2.67. The number of nitrogen functional groups attached to an aromatic ring is 1. The lowest BCUT2D eigenvalue weighted by Crippen LogP contribution is -2.13. The first-order valence-electron chi connectivity index (χ1n) is 6.06. The van der Waals surface area contributed by atoms with Gasteiger partial charge in [-0.05, 0) is 42.5 Å². The van der Waals surface area contributed by atoms with E-state index in [9.17, 15) is 4.79 Å². The van der Waals surface area contributed by atoms with E-state index in [1.165, 1.54) is 6.07 Å². The van der Waals surface area contributed by atoms with Crippen LogP contribution in [-0.4, -0.2) is 12.5 Å². The molecule has 0 aliphatic heterocycles. The summed E-state index contributed by atoms with van der Waals surface area (Å²) in [6, 6.07) is 13.3. The molecule has 0 bridgehead atoms. The molecule has 0 aromatic heterocycles. The van der Waals surface area contributed by atoms with Crippen LogP contribution in [0.1, 0.15) is 10.4 Å². The summed E-state index contributed by atoms with van der Waals surface area (Å²) in [7, 11) is 0. The average molecular weight is 302 g/mol. The molecule has 2 rings (SSSR count). The summed E-state index contributed by atoms with van der Waals surface area (Å²) >= 11 is 5.79. The van der Waals surface area contributed by atoms with Gasteiger partial charge in [0.25, 0.3) is 5.91 Å². The molecular weight excluding hydrogens is 290 g/mol. The molecule has 1 amide bonds. The van der Waals surface area contributed by atoms with Crippen LogP contribution < -0.4 is 15.8 Å². The molecule has 0 saturated heterocycles. The van der Waals surface area contributed by atoms with E-state index in [2.05, 4.69) is 5.32 Å². The predicted molar refractivity (Wildman–Crippen MR) is 81.4 cm³/mol. The van der Waals surface area contributed by atoms with Crippen LogP contribution in [0.5, 0.6) is 5.75 Å². The maximum Gasteiger partial charge on any atom is 0.257 e. The van der Waals surface area contributed by atoms with Crippen LogP contribution in [0, 0.1) is 11.3 Å². The Hall–Kier alpha value is -2.71. The molecule has 0 spiro atoms. The van der Waals surface area contributed by atoms with E-state index in [0.717, 1.165) is 0 Å². The van der Waals surface area contributed by atoms with E-state index < -0.39 is 0 Å². The molecule has 0 fully saturated rings. The van der Waals surface area contributed by atoms with Gasteiger partial charge in [0, 0.05) is 16.4 Å². The lowest BCUT2D eigenvalue weighted by atomic mass is 10.1. The third-order valence-corrected chi connectivity index (χ3v) is 2.91. The van der Waals surface area contributed by atoms with Gasteiger partial charge in [0.15, 0.2) is 6.61 Å². The second kappa shape index (κ2) is 6.64. The van der Waals surface area contributed by atoms with E-state index in [-0.39, 0.29) is 12.5 Å². The van der Waals surface area contributed by atoms with Crippen molar-refractivity contribution in [1.29, 1.82) is 5.26 Å². The van der Waals surface area contributed by atoms with E-state index in [1.807, 2.05) is 6.07 Å². The lowest BCUT2D eigenvalue weighted by Gasteiger charge is -2.08. The predicted octanol–water partition coefficient (Wildman–Crippen LogP) is 3.08. The van der Waals surface area contributed by atoms with Gasteiger partial charge in [0.05, 0.1) is 5.56 Å². The van der Waals surface area contributed by atoms with Gasteiger partial charge in [-0.3, -0.25) is 4.79 Å². The Labute approximate surface area is 126 Å². The monoisotopic (exact) mass is 301 g/mol. The van der Waals surface area contributed by atoms with E-state index in [1.54, 1.807) is 36.4 Å². The maximum absolute atomic E-state index is 12.1. The highest BCUT2D eigenvalue weighted by Gasteiger charge is 2.10. The summed E-state index contributed by atoms with van der Waals surface area (Å²) in [5, 5.41) is 11.6. The Morgan fingerprint density at radius 1 is 1.29 bits per heavy atom. The summed E-state index contributed by atoms with van der Waals surface area (Å²) in [5.74, 6) is 0.232. The standard InChI is InChI=1S/C15H12ClN3O2/c16-10-1-6-13(14(18)9-10)15(20)19-11-2-4-12(5-3-11)21-8-7-17/h1-6,9H,8,18H2,(H,19,20). The molecule has 0 atom stereocenters. The first-order valence-corrected chi connectivity index (χ1v) is 6.44. The van der Waals surface area contributed by atoms with Crippen LogP contribution in [0.4, 0.5) is 11.4 Å². The fourth-order valence-corrected chi connectivity index (χ4v) is 1.87. The van der Waals surface area contributed by atoms with Crippen molar-refractivity contribution in [1.82, 2.24) is 0 Å². The number of nitrogens with one attached hydrogen (secondary N) is 1. The zero-order valence-electron chi connectivity index (χ0n) is 11.0. The van der Waals surface area contributed by atoms with E-state index >= 15 is 0 Å². The van der Waals surface area contributed by atoms with Crippen molar-refractivity contribution in [2.75, 3.05) is 17.7 Å². The van der Waals surface area contributed by atoms with Crippen molar-refractivity contribution in [3.05, 3.63) is 53.1 Å². The van der Waals surface area contributed by atoms with Gasteiger partial charge < -0.3 is 15.8 Å². The summed E-state index contributed by atoms with van der Waals surface area (Å²) in [6.07, 6.45) is 0. The number of nitrogens with zero attached hydrogens (tertiary/aromatic N) is 1. The van der Waals surface area contributed by atoms with Crippen LogP contribution in [-0.2, 0) is 0 Å². The van der Waals surface area contributed by atoms with E-state index in [4.69, 9.17) is 27.3 Å². The number of hydrogen-bond acceptors (Lipinski definition) is 4. The lowest BCUT2D eigenvalue weighted by molar-refractivity contribution is 0.102. The number of nitrogens with two attached hydrogens (primary N) is 1. The molecule has 0 unspecified atom stereocenters. The molecule has 21 heavy (non-hydrogen) atoms. The molecule has 106 valence electrons. The van der Waals surface area contributed by atoms with Gasteiger partial charge in [-0.25, -0.2) is 0 Å². The number of benzene rings is 2. The van der Waals surface area contributed by atoms with Crippen molar-refractivity contribution < 1.29 is 9.53 Å². The first kappa shape index (κ1) is 14.7. The van der Waals surface area contributed by atoms with Gasteiger partial charge in [-0.1, -0.05) is 11.6 Å². The fraction of sp³-hybridized carbons (Fsp3) is 0.0667. The fourth-order valence-electron chi connectivity index (χ4n) is 1.69. The SMILES string of the molecule is N#CCOc1ccc(NC(=O)c2ccc(Cl)cc2N)cc1. The normalized spacial score (nSPS) is 9.71. The van der Waals surface area contributed by atoms with Crippen LogP contribution in [0.2, 0.25) is 5.02 Å². The molecule has 2 aromatic carbocycles. The number of halogens is 1. The van der Waals surface area contributed by atoms with Crippen LogP contribution in [0.15, 0.2) is 42.5 Å². The summed E-state index contributed by atoms with van der Waals surface area (Å²) in [6.45, 7) is -0.0208. The highest BCUT2D eigenvalue weighted by atomic mass is 35.5. The van der Waals surface area contributed by atoms with Gasteiger partial charge in [0.2, 0.25) is 0 Å². The van der Waals surface area contributed by atoms with Crippen molar-refractivity contribution in [3.63, 3.8) is 0 Å². The largest absolute Gasteiger partial charge is 0.479 e. The Bertz CT molecular complexity index is 693. The average Bonchev–Trinajstić information content (AvgIpc) is 2.46. The second-order valence-corrected chi connectivity index (χ2v) is 4.59. The minimum absolute atomic E-state index is 0.0208. The zero-order chi connectivity index (χ0) is 15.2. The minimum atomic E-state index is -0.324. The Morgan fingerprint density at radius 2 is 2.00 bits per heavy atom. The topological polar surface area (TPSA) is 88.1 Å². The summed E-state index contributed by atoms with van der Waals surface area (Å²) < 4.78 is 5.12. The van der Waals surface area contributed by atoms with Gasteiger partial charge in [0.1, 0.15) is 11.8 Å². The molecule has 0 heterocycles. The molecule has 5 nitrogen and oxygen atoms in total. The quantitative estimate of drug-likeness (QED) is 0.849. The molecular formula is C15H12ClN3O2. The van der Waals surface area contributed by atoms with Gasteiger partial charge >= 0.3 is 0 Å². The smallest absolute Gasteiger partial charge is 0.257 e. The highest BCUT2D eigenvalue weighted by molar-refractivity contribution is 6.31. The van der Waals surface area contributed by atoms with Gasteiger partial charge in [-0.15, -0.1) is 0 Å². The van der Waals surface area contributed by atoms with Crippen LogP contribution >= 0.6 is 11.6 Å². The number of nitriles is 1. The highest BCUT2D eigenvalue weighted by Crippen LogP contribution is 2.20. The molecule has 6 heteroatoms. The summed E-state index contributed by atoms with van der Waals surface area (Å²) in [4.78, 5) is 12.1. The summed E-state index contributed by atoms with van der Waals surface area (Å²) in [5.41, 5.74) is 7.02. The van der Waals surface area contributed by atoms with Crippen molar-refractivity contribution >= 4 is 28.9 Å². The van der Waals surface area contributed by atoms with Crippen LogP contribution in [0.3, 0.4) is 0 Å². The van der Waals surface area contributed by atoms with E-state index in [0.29, 0.717) is 27.7 Å². The number of carbonyl (C=O) groups excluding carboxylic acids is 1. The van der Waals surface area contributed by atoms with Crippen molar-refractivity contribution in [2.24, 2.45) is 0 Å². The Kier molecular flexibility index (Phi) is 4.64. The Morgan fingerprint density at radius 3 is 2.62 bits per heavy atom. The second-order valence-electron chi connectivity index (χ2n) is 4.16. The van der Waals surface area contributed by atoms with Crippen LogP contribution in [0.25, 0.3) is 0 Å². The minimum Gasteiger partial charge on any atom is -0.479 e. The number of anilines is 2.